The molecule has 0 aromatic rings. The van der Waals surface area contributed by atoms with Gasteiger partial charge in [-0.15, -0.1) is 0 Å². The summed E-state index contributed by atoms with van der Waals surface area (Å²) in [6.45, 7) is -0.250. The number of carboxylic acids is 4. The summed E-state index contributed by atoms with van der Waals surface area (Å²) in [4.78, 5) is 47.3. The van der Waals surface area contributed by atoms with Gasteiger partial charge in [-0.2, -0.15) is 0 Å². The molecule has 0 aromatic carbocycles. The molecule has 0 aliphatic heterocycles. The normalized spacial score (nSPS) is 8.57. The van der Waals surface area contributed by atoms with Crippen molar-refractivity contribution in [2.45, 2.75) is 25.7 Å². The lowest BCUT2D eigenvalue weighted by Crippen LogP contribution is -1.97. The van der Waals surface area contributed by atoms with Gasteiger partial charge < -0.3 is 25.5 Å². The summed E-state index contributed by atoms with van der Waals surface area (Å²) in [6, 6.07) is 0. The minimum Gasteiger partial charge on any atom is -0.483 e. The summed E-state index contributed by atoms with van der Waals surface area (Å²) >= 11 is 0. The van der Waals surface area contributed by atoms with Crippen molar-refractivity contribution in [2.75, 3.05) is 0 Å². The van der Waals surface area contributed by atoms with Crippen LogP contribution in [0, 0.1) is 0 Å². The van der Waals surface area contributed by atoms with Gasteiger partial charge >= 0.3 is 23.9 Å². The molecule has 0 radical (unpaired) electrons. The molecular formula is C11H16O10. The second-order valence-corrected chi connectivity index (χ2v) is 3.11. The van der Waals surface area contributed by atoms with Crippen LogP contribution in [-0.4, -0.2) is 55.9 Å². The Morgan fingerprint density at radius 3 is 1.10 bits per heavy atom. The fraction of sp³-hybridized carbons (Fsp3) is 0.364. The van der Waals surface area contributed by atoms with Crippen LogP contribution in [0.4, 0.5) is 0 Å². The van der Waals surface area contributed by atoms with Crippen LogP contribution in [-0.2, 0) is 24.0 Å². The predicted octanol–water partition coefficient (Wildman–Crippen LogP) is 0.129. The Bertz CT molecular complexity index is 339. The largest absolute Gasteiger partial charge is 0.483 e. The van der Waals surface area contributed by atoms with Crippen molar-refractivity contribution in [1.82, 2.24) is 0 Å². The molecule has 0 rings (SSSR count). The van der Waals surface area contributed by atoms with E-state index in [1.807, 2.05) is 0 Å². The van der Waals surface area contributed by atoms with Crippen LogP contribution in [0.25, 0.3) is 0 Å². The highest BCUT2D eigenvalue weighted by Crippen LogP contribution is 1.98. The lowest BCUT2D eigenvalue weighted by molar-refractivity contribution is -0.139. The van der Waals surface area contributed by atoms with Crippen molar-refractivity contribution in [3.05, 3.63) is 12.2 Å². The van der Waals surface area contributed by atoms with Crippen molar-refractivity contribution in [3.63, 3.8) is 0 Å². The number of aliphatic carboxylic acids is 4. The molecule has 0 saturated heterocycles. The summed E-state index contributed by atoms with van der Waals surface area (Å²) in [6.07, 6.45) is 2.13. The molecule has 21 heavy (non-hydrogen) atoms. The Morgan fingerprint density at radius 1 is 0.714 bits per heavy atom. The molecular weight excluding hydrogens is 292 g/mol. The van der Waals surface area contributed by atoms with Gasteiger partial charge in [0.05, 0.1) is 0 Å². The zero-order chi connectivity index (χ0) is 17.3. The monoisotopic (exact) mass is 308 g/mol. The zero-order valence-electron chi connectivity index (χ0n) is 10.8. The first-order chi connectivity index (χ1) is 9.67. The molecule has 0 heterocycles. The van der Waals surface area contributed by atoms with E-state index in [0.717, 1.165) is 0 Å². The van der Waals surface area contributed by atoms with Gasteiger partial charge in [0.1, 0.15) is 0 Å². The third kappa shape index (κ3) is 47.1. The average molecular weight is 308 g/mol. The fourth-order valence-electron chi connectivity index (χ4n) is 0.695. The lowest BCUT2D eigenvalue weighted by Gasteiger charge is -1.92. The summed E-state index contributed by atoms with van der Waals surface area (Å²) in [5.74, 6) is -4.25. The van der Waals surface area contributed by atoms with Gasteiger partial charge in [0, 0.05) is 25.0 Å². The Labute approximate surface area is 118 Å². The molecule has 10 nitrogen and oxygen atoms in total. The van der Waals surface area contributed by atoms with E-state index in [1.165, 1.54) is 0 Å². The van der Waals surface area contributed by atoms with E-state index in [4.69, 9.17) is 30.3 Å². The minimum atomic E-state index is -1.26. The van der Waals surface area contributed by atoms with Crippen molar-refractivity contribution < 1.29 is 49.5 Å². The van der Waals surface area contributed by atoms with E-state index in [2.05, 4.69) is 0 Å². The van der Waals surface area contributed by atoms with E-state index >= 15 is 0 Å². The molecule has 0 saturated carbocycles. The Hall–Kier alpha value is -2.91. The van der Waals surface area contributed by atoms with E-state index < -0.39 is 23.9 Å². The Kier molecular flexibility index (Phi) is 18.9. The summed E-state index contributed by atoms with van der Waals surface area (Å²) in [5.41, 5.74) is 0. The van der Waals surface area contributed by atoms with Crippen molar-refractivity contribution in [3.8, 4) is 0 Å². The lowest BCUT2D eigenvalue weighted by atomic mass is 10.2. The van der Waals surface area contributed by atoms with Crippen LogP contribution in [0.2, 0.25) is 0 Å². The molecule has 5 N–H and O–H groups in total. The van der Waals surface area contributed by atoms with Crippen LogP contribution in [0.5, 0.6) is 0 Å². The predicted molar refractivity (Wildman–Crippen MR) is 66.8 cm³/mol. The minimum absolute atomic E-state index is 0.0628. The van der Waals surface area contributed by atoms with E-state index in [9.17, 15) is 19.2 Å². The molecule has 120 valence electrons. The Morgan fingerprint density at radius 2 is 0.952 bits per heavy atom. The van der Waals surface area contributed by atoms with E-state index in [-0.39, 0.29) is 19.3 Å². The first-order valence-corrected chi connectivity index (χ1v) is 5.32. The van der Waals surface area contributed by atoms with Crippen LogP contribution >= 0.6 is 0 Å². The van der Waals surface area contributed by atoms with Gasteiger partial charge in [-0.25, -0.2) is 9.59 Å². The maximum absolute atomic E-state index is 9.90. The second-order valence-electron chi connectivity index (χ2n) is 3.11. The van der Waals surface area contributed by atoms with Crippen LogP contribution in [0.15, 0.2) is 12.2 Å². The summed E-state index contributed by atoms with van der Waals surface area (Å²) in [5, 5.41) is 38.8. The van der Waals surface area contributed by atoms with Crippen LogP contribution < -0.4 is 0 Å². The number of rotatable bonds is 7. The molecule has 0 aliphatic carbocycles. The highest BCUT2D eigenvalue weighted by atomic mass is 16.4. The maximum atomic E-state index is 9.90. The fourth-order valence-corrected chi connectivity index (χ4v) is 0.695. The van der Waals surface area contributed by atoms with Gasteiger partial charge in [0.15, 0.2) is 0 Å². The molecule has 0 amide bonds. The van der Waals surface area contributed by atoms with Gasteiger partial charge in [0.25, 0.3) is 6.47 Å². The SMILES string of the molecule is O=C(O)/C=C\C(=O)O.O=C(O)CCCCC(=O)O.O=CO. The van der Waals surface area contributed by atoms with E-state index in [0.29, 0.717) is 25.0 Å². The van der Waals surface area contributed by atoms with Gasteiger partial charge in [-0.1, -0.05) is 0 Å². The first kappa shape index (κ1) is 23.2. The second kappa shape index (κ2) is 17.1. The number of unbranched alkanes of at least 4 members (excludes halogenated alkanes) is 1. The van der Waals surface area contributed by atoms with Crippen molar-refractivity contribution >= 4 is 30.3 Å². The maximum Gasteiger partial charge on any atom is 0.328 e. The van der Waals surface area contributed by atoms with Gasteiger partial charge in [-0.05, 0) is 12.8 Å². The number of hydrogen-bond acceptors (Lipinski definition) is 5. The quantitative estimate of drug-likeness (QED) is 0.245. The first-order valence-electron chi connectivity index (χ1n) is 5.32. The third-order valence-corrected chi connectivity index (χ3v) is 1.40. The molecule has 10 heteroatoms. The molecule has 0 fully saturated rings. The van der Waals surface area contributed by atoms with Crippen LogP contribution in [0.1, 0.15) is 25.7 Å². The number of carbonyl (C=O) groups is 5. The Balaban J connectivity index is -0.000000264. The van der Waals surface area contributed by atoms with E-state index in [1.54, 1.807) is 0 Å². The molecule has 0 atom stereocenters. The summed E-state index contributed by atoms with van der Waals surface area (Å²) in [7, 11) is 0. The number of hydrogen-bond donors (Lipinski definition) is 5. The van der Waals surface area contributed by atoms with Crippen LogP contribution in [0.3, 0.4) is 0 Å². The highest BCUT2D eigenvalue weighted by molar-refractivity contribution is 5.89. The molecule has 0 aliphatic rings. The highest BCUT2D eigenvalue weighted by Gasteiger charge is 1.99. The topological polar surface area (TPSA) is 186 Å². The smallest absolute Gasteiger partial charge is 0.328 e. The third-order valence-electron chi connectivity index (χ3n) is 1.40. The van der Waals surface area contributed by atoms with Crippen molar-refractivity contribution in [1.29, 1.82) is 0 Å². The summed E-state index contributed by atoms with van der Waals surface area (Å²) < 4.78 is 0. The average Bonchev–Trinajstić information content (AvgIpc) is 2.33. The number of carboxylic acid groups (broad SMARTS) is 5. The molecule has 0 bridgehead atoms. The van der Waals surface area contributed by atoms with Gasteiger partial charge in [-0.3, -0.25) is 14.4 Å². The zero-order valence-corrected chi connectivity index (χ0v) is 10.8. The molecule has 0 spiro atoms. The van der Waals surface area contributed by atoms with Crippen molar-refractivity contribution in [2.24, 2.45) is 0 Å². The molecule has 0 unspecified atom stereocenters. The van der Waals surface area contributed by atoms with Gasteiger partial charge in [0.2, 0.25) is 0 Å². The standard InChI is InChI=1S/C6H10O4.C4H4O4.CH2O2/c7-5(8)3-1-2-4-6(9)10;5-3(6)1-2-4(7)8;2-1-3/h1-4H2,(H,7,8)(H,9,10);1-2H,(H,5,6)(H,7,8);1H,(H,2,3)/b;2-1-;. The molecule has 0 aromatic heterocycles.